The molecule has 0 aromatic carbocycles. The van der Waals surface area contributed by atoms with Gasteiger partial charge in [0.15, 0.2) is 0 Å². The number of carbonyl (C=O) groups excluding carboxylic acids is 1. The van der Waals surface area contributed by atoms with Crippen LogP contribution in [0.2, 0.25) is 0 Å². The standard InChI is InChI=1S/C19H29N7O/c1-14-17(15(2)24-23-14)7-11-25(3)19(27)22-12-16-6-4-10-26(13-16)18-20-8-5-9-21-18/h5,8-9,16H,4,6-7,10-13H2,1-3H3,(H,22,27)(H,23,24). The smallest absolute Gasteiger partial charge is 0.317 e. The number of aromatic nitrogens is 4. The molecule has 0 aliphatic carbocycles. The molecule has 146 valence electrons. The summed E-state index contributed by atoms with van der Waals surface area (Å²) in [5.41, 5.74) is 3.28. The Morgan fingerprint density at radius 2 is 2.15 bits per heavy atom. The van der Waals surface area contributed by atoms with Crippen molar-refractivity contribution in [3.8, 4) is 0 Å². The molecule has 8 heteroatoms. The topological polar surface area (TPSA) is 90.0 Å². The lowest BCUT2D eigenvalue weighted by molar-refractivity contribution is 0.206. The van der Waals surface area contributed by atoms with E-state index in [1.54, 1.807) is 17.3 Å². The molecule has 0 bridgehead atoms. The highest BCUT2D eigenvalue weighted by atomic mass is 16.2. The van der Waals surface area contributed by atoms with E-state index in [0.29, 0.717) is 19.0 Å². The maximum atomic E-state index is 12.4. The largest absolute Gasteiger partial charge is 0.340 e. The van der Waals surface area contributed by atoms with E-state index in [2.05, 4.69) is 30.4 Å². The number of piperidine rings is 1. The molecule has 0 saturated carbocycles. The summed E-state index contributed by atoms with van der Waals surface area (Å²) in [4.78, 5) is 25.0. The number of aryl methyl sites for hydroxylation is 2. The van der Waals surface area contributed by atoms with Gasteiger partial charge in [0.05, 0.1) is 5.69 Å². The number of likely N-dealkylation sites (N-methyl/N-ethyl adjacent to an activating group) is 1. The molecule has 1 atom stereocenters. The van der Waals surface area contributed by atoms with E-state index in [0.717, 1.165) is 49.7 Å². The summed E-state index contributed by atoms with van der Waals surface area (Å²) in [6, 6.07) is 1.80. The highest BCUT2D eigenvalue weighted by Crippen LogP contribution is 2.19. The maximum absolute atomic E-state index is 12.4. The van der Waals surface area contributed by atoms with Gasteiger partial charge in [0.1, 0.15) is 0 Å². The van der Waals surface area contributed by atoms with E-state index in [9.17, 15) is 4.79 Å². The Morgan fingerprint density at radius 3 is 2.85 bits per heavy atom. The lowest BCUT2D eigenvalue weighted by atomic mass is 9.98. The maximum Gasteiger partial charge on any atom is 0.317 e. The van der Waals surface area contributed by atoms with E-state index >= 15 is 0 Å². The molecular formula is C19H29N7O. The van der Waals surface area contributed by atoms with E-state index in [4.69, 9.17) is 0 Å². The van der Waals surface area contributed by atoms with Gasteiger partial charge in [0, 0.05) is 51.3 Å². The molecule has 1 aliphatic rings. The lowest BCUT2D eigenvalue weighted by Gasteiger charge is -2.33. The molecule has 1 saturated heterocycles. The molecule has 2 aromatic rings. The number of carbonyl (C=O) groups is 1. The summed E-state index contributed by atoms with van der Waals surface area (Å²) in [6.45, 7) is 7.20. The van der Waals surface area contributed by atoms with Crippen LogP contribution in [0.15, 0.2) is 18.5 Å². The summed E-state index contributed by atoms with van der Waals surface area (Å²) in [7, 11) is 1.84. The SMILES string of the molecule is Cc1n[nH]c(C)c1CCN(C)C(=O)NCC1CCCN(c2ncccn2)C1. The zero-order valence-electron chi connectivity index (χ0n) is 16.4. The van der Waals surface area contributed by atoms with Crippen LogP contribution in [0.25, 0.3) is 0 Å². The Bertz CT molecular complexity index is 726. The van der Waals surface area contributed by atoms with Crippen LogP contribution < -0.4 is 10.2 Å². The number of nitrogens with one attached hydrogen (secondary N) is 2. The fourth-order valence-electron chi connectivity index (χ4n) is 3.56. The van der Waals surface area contributed by atoms with Gasteiger partial charge in [-0.05, 0) is 50.7 Å². The second kappa shape index (κ2) is 8.83. The number of nitrogens with zero attached hydrogens (tertiary/aromatic N) is 5. The quantitative estimate of drug-likeness (QED) is 0.810. The van der Waals surface area contributed by atoms with Gasteiger partial charge in [-0.1, -0.05) is 0 Å². The molecule has 3 heterocycles. The first-order valence-corrected chi connectivity index (χ1v) is 9.56. The third-order valence-electron chi connectivity index (χ3n) is 5.22. The minimum absolute atomic E-state index is 0.0260. The number of urea groups is 1. The normalized spacial score (nSPS) is 17.0. The second-order valence-corrected chi connectivity index (χ2v) is 7.27. The van der Waals surface area contributed by atoms with Gasteiger partial charge in [-0.25, -0.2) is 14.8 Å². The number of amides is 2. The van der Waals surface area contributed by atoms with Crippen LogP contribution in [0.5, 0.6) is 0 Å². The molecule has 1 aliphatic heterocycles. The number of hydrogen-bond acceptors (Lipinski definition) is 5. The highest BCUT2D eigenvalue weighted by Gasteiger charge is 2.22. The van der Waals surface area contributed by atoms with Crippen molar-refractivity contribution in [2.24, 2.45) is 5.92 Å². The highest BCUT2D eigenvalue weighted by molar-refractivity contribution is 5.73. The first-order chi connectivity index (χ1) is 13.0. The zero-order valence-corrected chi connectivity index (χ0v) is 16.4. The summed E-state index contributed by atoms with van der Waals surface area (Å²) in [5.74, 6) is 1.19. The Kier molecular flexibility index (Phi) is 6.26. The Labute approximate surface area is 160 Å². The predicted octanol–water partition coefficient (Wildman–Crippen LogP) is 1.92. The van der Waals surface area contributed by atoms with Gasteiger partial charge < -0.3 is 15.1 Å². The molecule has 1 fully saturated rings. The van der Waals surface area contributed by atoms with Crippen LogP contribution in [0.1, 0.15) is 29.8 Å². The molecule has 3 rings (SSSR count). The molecule has 1 unspecified atom stereocenters. The number of hydrogen-bond donors (Lipinski definition) is 2. The summed E-state index contributed by atoms with van der Waals surface area (Å²) in [5, 5.41) is 10.3. The minimum Gasteiger partial charge on any atom is -0.340 e. The van der Waals surface area contributed by atoms with Crippen molar-refractivity contribution >= 4 is 12.0 Å². The first-order valence-electron chi connectivity index (χ1n) is 9.56. The van der Waals surface area contributed by atoms with Crippen molar-refractivity contribution in [2.45, 2.75) is 33.1 Å². The van der Waals surface area contributed by atoms with Gasteiger partial charge in [-0.15, -0.1) is 0 Å². The molecule has 0 spiro atoms. The minimum atomic E-state index is -0.0260. The van der Waals surface area contributed by atoms with Crippen LogP contribution in [0, 0.1) is 19.8 Å². The van der Waals surface area contributed by atoms with E-state index < -0.39 is 0 Å². The second-order valence-electron chi connectivity index (χ2n) is 7.27. The molecule has 2 N–H and O–H groups in total. The molecule has 2 amide bonds. The monoisotopic (exact) mass is 371 g/mol. The first kappa shape index (κ1) is 19.1. The summed E-state index contributed by atoms with van der Waals surface area (Å²) in [6.07, 6.45) is 6.55. The zero-order chi connectivity index (χ0) is 19.2. The Morgan fingerprint density at radius 1 is 1.37 bits per heavy atom. The average molecular weight is 371 g/mol. The van der Waals surface area contributed by atoms with Gasteiger partial charge in [0.25, 0.3) is 0 Å². The van der Waals surface area contributed by atoms with Crippen LogP contribution in [0.4, 0.5) is 10.7 Å². The van der Waals surface area contributed by atoms with Crippen molar-refractivity contribution < 1.29 is 4.79 Å². The number of anilines is 1. The lowest BCUT2D eigenvalue weighted by Crippen LogP contribution is -2.45. The van der Waals surface area contributed by atoms with E-state index in [1.165, 1.54) is 5.56 Å². The van der Waals surface area contributed by atoms with Crippen LogP contribution >= 0.6 is 0 Å². The third kappa shape index (κ3) is 4.96. The van der Waals surface area contributed by atoms with Gasteiger partial charge in [-0.2, -0.15) is 5.10 Å². The Hall–Kier alpha value is -2.64. The molecular weight excluding hydrogens is 342 g/mol. The van der Waals surface area contributed by atoms with Crippen LogP contribution in [0.3, 0.4) is 0 Å². The van der Waals surface area contributed by atoms with Gasteiger partial charge in [0.2, 0.25) is 5.95 Å². The Balaban J connectivity index is 1.44. The fourth-order valence-corrected chi connectivity index (χ4v) is 3.56. The summed E-state index contributed by atoms with van der Waals surface area (Å²) >= 11 is 0. The van der Waals surface area contributed by atoms with E-state index in [1.807, 2.05) is 27.0 Å². The third-order valence-corrected chi connectivity index (χ3v) is 5.22. The predicted molar refractivity (Wildman–Crippen MR) is 105 cm³/mol. The number of aromatic amines is 1. The van der Waals surface area contributed by atoms with Crippen molar-refractivity contribution in [1.82, 2.24) is 30.4 Å². The van der Waals surface area contributed by atoms with Crippen molar-refractivity contribution in [1.29, 1.82) is 0 Å². The summed E-state index contributed by atoms with van der Waals surface area (Å²) < 4.78 is 0. The van der Waals surface area contributed by atoms with Crippen LogP contribution in [-0.2, 0) is 6.42 Å². The molecule has 0 radical (unpaired) electrons. The number of rotatable bonds is 6. The van der Waals surface area contributed by atoms with Crippen molar-refractivity contribution in [2.75, 3.05) is 38.1 Å². The molecule has 8 nitrogen and oxygen atoms in total. The molecule has 2 aromatic heterocycles. The molecule has 27 heavy (non-hydrogen) atoms. The van der Waals surface area contributed by atoms with Crippen molar-refractivity contribution in [3.05, 3.63) is 35.4 Å². The van der Waals surface area contributed by atoms with Gasteiger partial charge >= 0.3 is 6.03 Å². The average Bonchev–Trinajstić information content (AvgIpc) is 3.02. The number of H-pyrrole nitrogens is 1. The van der Waals surface area contributed by atoms with E-state index in [-0.39, 0.29) is 6.03 Å². The fraction of sp³-hybridized carbons (Fsp3) is 0.579. The van der Waals surface area contributed by atoms with Gasteiger partial charge in [-0.3, -0.25) is 5.10 Å². The van der Waals surface area contributed by atoms with Crippen molar-refractivity contribution in [3.63, 3.8) is 0 Å². The van der Waals surface area contributed by atoms with Crippen LogP contribution in [-0.4, -0.2) is 64.3 Å².